The number of nitrogens with one attached hydrogen (secondary N) is 2. The van der Waals surface area contributed by atoms with Crippen LogP contribution in [0.5, 0.6) is 0 Å². The number of carbonyl (C=O) groups is 1. The van der Waals surface area contributed by atoms with Gasteiger partial charge in [-0.3, -0.25) is 9.69 Å². The molecule has 3 N–H and O–H groups in total. The van der Waals surface area contributed by atoms with Crippen LogP contribution in [0, 0.1) is 11.7 Å². The molecule has 0 aromatic heterocycles. The average molecular weight is 410 g/mol. The fourth-order valence-corrected chi connectivity index (χ4v) is 3.29. The van der Waals surface area contributed by atoms with Gasteiger partial charge in [0, 0.05) is 44.2 Å². The molecule has 2 saturated heterocycles. The van der Waals surface area contributed by atoms with Gasteiger partial charge in [-0.05, 0) is 6.07 Å². The normalized spacial score (nSPS) is 24.2. The Bertz CT molecular complexity index is 576. The fraction of sp³-hybridized carbons (Fsp3) is 0.588. The molecule has 2 heterocycles. The zero-order valence-corrected chi connectivity index (χ0v) is 16.0. The Morgan fingerprint density at radius 2 is 2.00 bits per heavy atom. The van der Waals surface area contributed by atoms with Crippen LogP contribution in [-0.2, 0) is 9.53 Å². The van der Waals surface area contributed by atoms with E-state index in [0.29, 0.717) is 51.5 Å². The summed E-state index contributed by atoms with van der Waals surface area (Å²) in [6.45, 7) is 3.82. The minimum atomic E-state index is -0.679. The second-order valence-electron chi connectivity index (χ2n) is 6.30. The standard InChI is InChI=1S/C17H24FN3O3.2ClH/c18-14-4-2-1-3-13(14)16(21-5-7-24-8-6-21)17(23)20-10-12-9-19-11-15(12)22;;/h1-4,12,15-16,19,22H,5-11H2,(H,20,23);2*1H. The number of rotatable bonds is 5. The summed E-state index contributed by atoms with van der Waals surface area (Å²) in [4.78, 5) is 14.7. The van der Waals surface area contributed by atoms with E-state index in [4.69, 9.17) is 4.74 Å². The molecule has 2 fully saturated rings. The van der Waals surface area contributed by atoms with Gasteiger partial charge in [0.05, 0.1) is 19.3 Å². The van der Waals surface area contributed by atoms with Gasteiger partial charge in [0.25, 0.3) is 0 Å². The number of carbonyl (C=O) groups excluding carboxylic acids is 1. The number of ether oxygens (including phenoxy) is 1. The third-order valence-electron chi connectivity index (χ3n) is 4.70. The second kappa shape index (κ2) is 11.0. The topological polar surface area (TPSA) is 73.8 Å². The molecule has 6 nitrogen and oxygen atoms in total. The van der Waals surface area contributed by atoms with Gasteiger partial charge in [-0.25, -0.2) is 4.39 Å². The number of morpholine rings is 1. The predicted octanol–water partition coefficient (Wildman–Crippen LogP) is 0.739. The molecule has 0 aliphatic carbocycles. The van der Waals surface area contributed by atoms with Crippen molar-refractivity contribution in [2.45, 2.75) is 12.1 Å². The van der Waals surface area contributed by atoms with Gasteiger partial charge < -0.3 is 20.5 Å². The number of benzene rings is 1. The molecule has 0 bridgehead atoms. The molecular formula is C17H26Cl2FN3O3. The van der Waals surface area contributed by atoms with Crippen LogP contribution in [0.4, 0.5) is 4.39 Å². The molecule has 1 aromatic rings. The number of halogens is 3. The number of hydrogen-bond acceptors (Lipinski definition) is 5. The van der Waals surface area contributed by atoms with Crippen LogP contribution in [0.3, 0.4) is 0 Å². The smallest absolute Gasteiger partial charge is 0.242 e. The molecule has 1 aromatic carbocycles. The summed E-state index contributed by atoms with van der Waals surface area (Å²) in [6, 6.07) is 5.71. The number of hydrogen-bond donors (Lipinski definition) is 3. The largest absolute Gasteiger partial charge is 0.391 e. The van der Waals surface area contributed by atoms with Crippen molar-refractivity contribution < 1.29 is 19.0 Å². The molecule has 2 aliphatic heterocycles. The first-order valence-corrected chi connectivity index (χ1v) is 8.39. The van der Waals surface area contributed by atoms with E-state index >= 15 is 0 Å². The maximum absolute atomic E-state index is 14.3. The Balaban J connectivity index is 0.00000169. The lowest BCUT2D eigenvalue weighted by Gasteiger charge is -2.34. The van der Waals surface area contributed by atoms with Crippen molar-refractivity contribution in [3.05, 3.63) is 35.6 Å². The maximum atomic E-state index is 14.3. The van der Waals surface area contributed by atoms with E-state index in [1.165, 1.54) is 6.07 Å². The van der Waals surface area contributed by atoms with E-state index in [1.54, 1.807) is 18.2 Å². The van der Waals surface area contributed by atoms with Gasteiger partial charge in [-0.1, -0.05) is 18.2 Å². The Labute approximate surface area is 165 Å². The summed E-state index contributed by atoms with van der Waals surface area (Å²) in [6.07, 6.45) is -0.458. The highest BCUT2D eigenvalue weighted by atomic mass is 35.5. The zero-order chi connectivity index (χ0) is 16.9. The maximum Gasteiger partial charge on any atom is 0.242 e. The van der Waals surface area contributed by atoms with Crippen molar-refractivity contribution in [2.24, 2.45) is 5.92 Å². The Kier molecular flexibility index (Phi) is 9.78. The first kappa shape index (κ1) is 23.1. The molecule has 9 heteroatoms. The summed E-state index contributed by atoms with van der Waals surface area (Å²) in [5.74, 6) is -0.632. The first-order valence-electron chi connectivity index (χ1n) is 8.39. The first-order chi connectivity index (χ1) is 11.7. The highest BCUT2D eigenvalue weighted by Gasteiger charge is 2.32. The molecule has 26 heavy (non-hydrogen) atoms. The molecule has 1 amide bonds. The second-order valence-corrected chi connectivity index (χ2v) is 6.30. The van der Waals surface area contributed by atoms with Gasteiger partial charge in [-0.15, -0.1) is 24.8 Å². The van der Waals surface area contributed by atoms with E-state index in [-0.39, 0.29) is 42.5 Å². The SMILES string of the molecule is Cl.Cl.O=C(NCC1CNCC1O)C(c1ccccc1F)N1CCOCC1. The van der Waals surface area contributed by atoms with Crippen molar-refractivity contribution in [1.29, 1.82) is 0 Å². The molecule has 3 rings (SSSR count). The summed E-state index contributed by atoms with van der Waals surface area (Å²) >= 11 is 0. The Morgan fingerprint density at radius 1 is 1.31 bits per heavy atom. The minimum Gasteiger partial charge on any atom is -0.391 e. The van der Waals surface area contributed by atoms with Gasteiger partial charge in [-0.2, -0.15) is 0 Å². The summed E-state index contributed by atoms with van der Waals surface area (Å²) in [5.41, 5.74) is 0.377. The summed E-state index contributed by atoms with van der Waals surface area (Å²) in [5, 5.41) is 15.8. The molecule has 0 spiro atoms. The van der Waals surface area contributed by atoms with Crippen LogP contribution in [0.15, 0.2) is 24.3 Å². The van der Waals surface area contributed by atoms with Gasteiger partial charge in [0.2, 0.25) is 5.91 Å². The van der Waals surface area contributed by atoms with E-state index in [9.17, 15) is 14.3 Å². The highest BCUT2D eigenvalue weighted by molar-refractivity contribution is 5.85. The quantitative estimate of drug-likeness (QED) is 0.668. The molecule has 148 valence electrons. The molecule has 0 saturated carbocycles. The third-order valence-corrected chi connectivity index (χ3v) is 4.70. The van der Waals surface area contributed by atoms with Crippen LogP contribution in [0.2, 0.25) is 0 Å². The van der Waals surface area contributed by atoms with Gasteiger partial charge >= 0.3 is 0 Å². The van der Waals surface area contributed by atoms with Crippen molar-refractivity contribution in [1.82, 2.24) is 15.5 Å². The van der Waals surface area contributed by atoms with E-state index in [1.807, 2.05) is 4.90 Å². The fourth-order valence-electron chi connectivity index (χ4n) is 3.29. The summed E-state index contributed by atoms with van der Waals surface area (Å²) in [7, 11) is 0. The van der Waals surface area contributed by atoms with Crippen molar-refractivity contribution in [2.75, 3.05) is 45.9 Å². The van der Waals surface area contributed by atoms with Crippen molar-refractivity contribution in [3.8, 4) is 0 Å². The van der Waals surface area contributed by atoms with E-state index < -0.39 is 12.1 Å². The van der Waals surface area contributed by atoms with E-state index in [0.717, 1.165) is 0 Å². The lowest BCUT2D eigenvalue weighted by atomic mass is 10.0. The summed E-state index contributed by atoms with van der Waals surface area (Å²) < 4.78 is 19.6. The predicted molar refractivity (Wildman–Crippen MR) is 101 cm³/mol. The minimum absolute atomic E-state index is 0. The number of aliphatic hydroxyl groups excluding tert-OH is 1. The van der Waals surface area contributed by atoms with Crippen molar-refractivity contribution in [3.63, 3.8) is 0 Å². The van der Waals surface area contributed by atoms with Gasteiger partial charge in [0.1, 0.15) is 11.9 Å². The monoisotopic (exact) mass is 409 g/mol. The van der Waals surface area contributed by atoms with Crippen LogP contribution in [-0.4, -0.2) is 68.0 Å². The lowest BCUT2D eigenvalue weighted by molar-refractivity contribution is -0.129. The number of amides is 1. The molecule has 3 unspecified atom stereocenters. The zero-order valence-electron chi connectivity index (χ0n) is 14.4. The Hall–Kier alpha value is -0.960. The molecular weight excluding hydrogens is 384 g/mol. The number of aliphatic hydroxyl groups is 1. The van der Waals surface area contributed by atoms with Crippen LogP contribution >= 0.6 is 24.8 Å². The average Bonchev–Trinajstić information content (AvgIpc) is 3.01. The molecule has 2 aliphatic rings. The highest BCUT2D eigenvalue weighted by Crippen LogP contribution is 2.25. The van der Waals surface area contributed by atoms with Crippen LogP contribution < -0.4 is 10.6 Å². The van der Waals surface area contributed by atoms with Crippen LogP contribution in [0.1, 0.15) is 11.6 Å². The Morgan fingerprint density at radius 3 is 2.62 bits per heavy atom. The number of nitrogens with zero attached hydrogens (tertiary/aromatic N) is 1. The van der Waals surface area contributed by atoms with Crippen molar-refractivity contribution >= 4 is 30.7 Å². The molecule has 0 radical (unpaired) electrons. The molecule has 3 atom stereocenters. The van der Waals surface area contributed by atoms with E-state index in [2.05, 4.69) is 10.6 Å². The van der Waals surface area contributed by atoms with Crippen LogP contribution in [0.25, 0.3) is 0 Å². The third kappa shape index (κ3) is 5.52. The van der Waals surface area contributed by atoms with Gasteiger partial charge in [0.15, 0.2) is 0 Å². The number of β-amino-alcohol motifs (C(OH)–C–C–N with tert-alkyl or cyclic N) is 1. The lowest BCUT2D eigenvalue weighted by Crippen LogP contribution is -2.47.